The Morgan fingerprint density at radius 1 is 1.17 bits per heavy atom. The smallest absolute Gasteiger partial charge is 0.334 e. The molecule has 0 aromatic carbocycles. The van der Waals surface area contributed by atoms with Crippen LogP contribution in [0.4, 0.5) is 0 Å². The summed E-state index contributed by atoms with van der Waals surface area (Å²) in [6.07, 6.45) is 7.54. The van der Waals surface area contributed by atoms with Gasteiger partial charge >= 0.3 is 11.9 Å². The second kappa shape index (κ2) is 6.33. The van der Waals surface area contributed by atoms with E-state index in [0.717, 1.165) is 29.6 Å². The van der Waals surface area contributed by atoms with E-state index in [1.165, 1.54) is 0 Å². The van der Waals surface area contributed by atoms with Gasteiger partial charge in [0.25, 0.3) is 0 Å². The summed E-state index contributed by atoms with van der Waals surface area (Å²) < 4.78 is 15.6. The highest BCUT2D eigenvalue weighted by atomic mass is 16.5. The quantitative estimate of drug-likeness (QED) is 0.534. The monoisotopic (exact) mass is 398 g/mol. The highest BCUT2D eigenvalue weighted by Crippen LogP contribution is 2.66. The Morgan fingerprint density at radius 3 is 2.62 bits per heavy atom. The minimum Gasteiger partial charge on any atom is -0.473 e. The molecule has 2 saturated heterocycles. The van der Waals surface area contributed by atoms with Crippen molar-refractivity contribution in [1.82, 2.24) is 0 Å². The third-order valence-corrected chi connectivity index (χ3v) is 7.64. The summed E-state index contributed by atoms with van der Waals surface area (Å²) in [6, 6.07) is 3.67. The fourth-order valence-electron chi connectivity index (χ4n) is 6.33. The van der Waals surface area contributed by atoms with Crippen LogP contribution in [0.2, 0.25) is 0 Å². The second-order valence-corrected chi connectivity index (χ2v) is 9.04. The van der Waals surface area contributed by atoms with E-state index in [4.69, 9.17) is 9.47 Å². The topological polar surface area (TPSA) is 86.0 Å². The molecule has 1 saturated carbocycles. The molecule has 6 heteroatoms. The summed E-state index contributed by atoms with van der Waals surface area (Å²) in [6.45, 7) is 4.38. The van der Waals surface area contributed by atoms with Crippen molar-refractivity contribution in [2.75, 3.05) is 6.61 Å². The standard InChI is InChI=1S/C19H22O5.C4H4O/c1-9-5-19-14-4-3-11-8-23-16(20)15(11)13(14)7-18(19,22)6-12(9)10(2)24-17(19)21;1-2-4-5-3-1/h5,10-12,14,22H,3-4,6-8H2,1-2H3;1-4H/t10-,11?,12?,14?,18-,19-;/m1./s1. The summed E-state index contributed by atoms with van der Waals surface area (Å²) in [4.78, 5) is 25.3. The van der Waals surface area contributed by atoms with Gasteiger partial charge in [0.1, 0.15) is 11.5 Å². The summed E-state index contributed by atoms with van der Waals surface area (Å²) in [5.41, 5.74) is 0.628. The lowest BCUT2D eigenvalue weighted by Crippen LogP contribution is -2.53. The molecule has 1 aromatic rings. The Kier molecular flexibility index (Phi) is 4.07. The van der Waals surface area contributed by atoms with Gasteiger partial charge in [0, 0.05) is 23.3 Å². The van der Waals surface area contributed by atoms with Crippen LogP contribution >= 0.6 is 0 Å². The van der Waals surface area contributed by atoms with Gasteiger partial charge in [-0.15, -0.1) is 0 Å². The van der Waals surface area contributed by atoms with Gasteiger partial charge in [0.15, 0.2) is 0 Å². The highest BCUT2D eigenvalue weighted by molar-refractivity contribution is 5.94. The lowest BCUT2D eigenvalue weighted by Gasteiger charge is -2.44. The number of ether oxygens (including phenoxy) is 2. The summed E-state index contributed by atoms with van der Waals surface area (Å²) in [5, 5.41) is 11.6. The van der Waals surface area contributed by atoms with Crippen LogP contribution in [0.15, 0.2) is 51.9 Å². The molecule has 1 N–H and O–H groups in total. The molecular weight excluding hydrogens is 372 g/mol. The number of esters is 2. The van der Waals surface area contributed by atoms with E-state index in [0.29, 0.717) is 19.4 Å². The van der Waals surface area contributed by atoms with Gasteiger partial charge in [0.2, 0.25) is 0 Å². The molecule has 3 aliphatic heterocycles. The summed E-state index contributed by atoms with van der Waals surface area (Å²) >= 11 is 0. The second-order valence-electron chi connectivity index (χ2n) is 9.04. The predicted molar refractivity (Wildman–Crippen MR) is 102 cm³/mol. The molecule has 3 aliphatic carbocycles. The zero-order valence-corrected chi connectivity index (χ0v) is 16.7. The first-order valence-corrected chi connectivity index (χ1v) is 10.4. The Labute approximate surface area is 169 Å². The number of furan rings is 1. The number of fused-ring (bicyclic) bond motifs is 4. The lowest BCUT2D eigenvalue weighted by atomic mass is 9.59. The number of cyclic esters (lactones) is 1. The van der Waals surface area contributed by atoms with Crippen LogP contribution < -0.4 is 0 Å². The fraction of sp³-hybridized carbons (Fsp3) is 0.565. The van der Waals surface area contributed by atoms with Crippen molar-refractivity contribution < 1.29 is 28.6 Å². The van der Waals surface area contributed by atoms with E-state index >= 15 is 0 Å². The fourth-order valence-corrected chi connectivity index (χ4v) is 6.33. The maximum Gasteiger partial charge on any atom is 0.334 e. The number of aliphatic hydroxyl groups is 1. The molecule has 1 aromatic heterocycles. The Balaban J connectivity index is 0.000000319. The number of carbonyl (C=O) groups is 2. The Hall–Kier alpha value is -2.34. The van der Waals surface area contributed by atoms with E-state index in [-0.39, 0.29) is 35.8 Å². The van der Waals surface area contributed by atoms with Crippen LogP contribution in [0, 0.1) is 23.2 Å². The molecule has 2 bridgehead atoms. The van der Waals surface area contributed by atoms with Crippen molar-refractivity contribution in [3.05, 3.63) is 47.5 Å². The molecule has 154 valence electrons. The van der Waals surface area contributed by atoms with Gasteiger partial charge in [-0.1, -0.05) is 17.2 Å². The van der Waals surface area contributed by atoms with E-state index in [1.54, 1.807) is 12.5 Å². The first-order chi connectivity index (χ1) is 13.9. The van der Waals surface area contributed by atoms with Gasteiger partial charge in [0.05, 0.1) is 24.7 Å². The average Bonchev–Trinajstić information content (AvgIpc) is 3.39. The van der Waals surface area contributed by atoms with Gasteiger partial charge in [-0.25, -0.2) is 4.79 Å². The molecular formula is C23H26O6. The zero-order chi connectivity index (χ0) is 20.4. The van der Waals surface area contributed by atoms with Crippen molar-refractivity contribution in [3.8, 4) is 0 Å². The molecule has 7 rings (SSSR count). The Bertz CT molecular complexity index is 895. The van der Waals surface area contributed by atoms with E-state index in [2.05, 4.69) is 4.42 Å². The van der Waals surface area contributed by atoms with Gasteiger partial charge in [-0.3, -0.25) is 4.79 Å². The van der Waals surface area contributed by atoms with Gasteiger partial charge in [-0.05, 0) is 51.7 Å². The summed E-state index contributed by atoms with van der Waals surface area (Å²) in [5.74, 6) is -0.543. The zero-order valence-electron chi connectivity index (χ0n) is 16.7. The lowest BCUT2D eigenvalue weighted by molar-refractivity contribution is -0.167. The summed E-state index contributed by atoms with van der Waals surface area (Å²) in [7, 11) is 0. The maximum absolute atomic E-state index is 13.1. The van der Waals surface area contributed by atoms with Crippen molar-refractivity contribution in [3.63, 3.8) is 0 Å². The van der Waals surface area contributed by atoms with Gasteiger partial charge < -0.3 is 19.0 Å². The first-order valence-electron chi connectivity index (χ1n) is 10.4. The molecule has 6 atom stereocenters. The molecule has 1 spiro atoms. The SMILES string of the molecule is CC1=C[C@@]23C(=O)O[C@H](C)C1C[C@@]2(O)CC1=C2C(=O)OCC2CCC13.c1ccoc1. The molecule has 3 fully saturated rings. The third-order valence-electron chi connectivity index (χ3n) is 7.64. The van der Waals surface area contributed by atoms with Crippen LogP contribution in [0.1, 0.15) is 39.5 Å². The number of carbonyl (C=O) groups excluding carboxylic acids is 2. The molecule has 4 heterocycles. The molecule has 29 heavy (non-hydrogen) atoms. The van der Waals surface area contributed by atoms with E-state index in [1.807, 2.05) is 32.1 Å². The van der Waals surface area contributed by atoms with Crippen molar-refractivity contribution in [1.29, 1.82) is 0 Å². The predicted octanol–water partition coefficient (Wildman–Crippen LogP) is 3.18. The molecule has 6 aliphatic rings. The number of rotatable bonds is 0. The van der Waals surface area contributed by atoms with Crippen molar-refractivity contribution in [2.24, 2.45) is 23.2 Å². The van der Waals surface area contributed by atoms with Crippen molar-refractivity contribution in [2.45, 2.75) is 51.2 Å². The van der Waals surface area contributed by atoms with Crippen LogP contribution in [-0.4, -0.2) is 35.4 Å². The highest BCUT2D eigenvalue weighted by Gasteiger charge is 2.71. The molecule has 0 radical (unpaired) electrons. The van der Waals surface area contributed by atoms with E-state index in [9.17, 15) is 14.7 Å². The third kappa shape index (κ3) is 2.44. The van der Waals surface area contributed by atoms with Crippen LogP contribution in [0.3, 0.4) is 0 Å². The first kappa shape index (κ1) is 18.7. The number of hydrogen-bond acceptors (Lipinski definition) is 6. The molecule has 3 unspecified atom stereocenters. The van der Waals surface area contributed by atoms with Crippen LogP contribution in [0.5, 0.6) is 0 Å². The normalized spacial score (nSPS) is 42.0. The minimum absolute atomic E-state index is 0.0478. The van der Waals surface area contributed by atoms with Crippen molar-refractivity contribution >= 4 is 11.9 Å². The van der Waals surface area contributed by atoms with E-state index < -0.39 is 11.0 Å². The molecule has 0 amide bonds. The molecule has 6 nitrogen and oxygen atoms in total. The minimum atomic E-state index is -1.15. The largest absolute Gasteiger partial charge is 0.473 e. The Morgan fingerprint density at radius 2 is 1.93 bits per heavy atom. The average molecular weight is 398 g/mol. The number of hydrogen-bond donors (Lipinski definition) is 1. The van der Waals surface area contributed by atoms with Crippen LogP contribution in [-0.2, 0) is 19.1 Å². The van der Waals surface area contributed by atoms with Gasteiger partial charge in [-0.2, -0.15) is 0 Å². The van der Waals surface area contributed by atoms with Crippen LogP contribution in [0.25, 0.3) is 0 Å². The maximum atomic E-state index is 13.1.